The summed E-state index contributed by atoms with van der Waals surface area (Å²) in [5, 5.41) is 0.439. The number of hydrazine groups is 1. The first-order valence-corrected chi connectivity index (χ1v) is 5.30. The summed E-state index contributed by atoms with van der Waals surface area (Å²) >= 11 is 10.8. The summed E-state index contributed by atoms with van der Waals surface area (Å²) in [4.78, 5) is 0. The highest BCUT2D eigenvalue weighted by Crippen LogP contribution is 2.38. The van der Waals surface area contributed by atoms with E-state index in [1.807, 2.05) is 5.43 Å². The van der Waals surface area contributed by atoms with Crippen molar-refractivity contribution >= 4 is 23.2 Å². The van der Waals surface area contributed by atoms with Gasteiger partial charge in [-0.15, -0.1) is 0 Å². The molecule has 1 aromatic heterocycles. The Morgan fingerprint density at radius 2 is 2.12 bits per heavy atom. The Morgan fingerprint density at radius 3 is 2.50 bits per heavy atom. The van der Waals surface area contributed by atoms with Crippen LogP contribution in [0.4, 0.5) is 8.78 Å². The van der Waals surface area contributed by atoms with Gasteiger partial charge in [-0.25, -0.2) is 5.43 Å². The first kappa shape index (κ1) is 13.6. The topological polar surface area (TPSA) is 55.9 Å². The van der Waals surface area contributed by atoms with E-state index in [1.165, 1.54) is 10.9 Å². The van der Waals surface area contributed by atoms with Crippen LogP contribution in [0.2, 0.25) is 5.02 Å². The normalized spacial score (nSPS) is 14.5. The molecule has 92 valence electrons. The molecular formula is C8H12Cl2F2N4. The Labute approximate surface area is 102 Å². The third-order valence-electron chi connectivity index (χ3n) is 2.04. The summed E-state index contributed by atoms with van der Waals surface area (Å²) in [5.41, 5.74) is 2.02. The highest BCUT2D eigenvalue weighted by atomic mass is 35.5. The van der Waals surface area contributed by atoms with Crippen LogP contribution in [0.3, 0.4) is 0 Å². The van der Waals surface area contributed by atoms with E-state index < -0.39 is 11.4 Å². The van der Waals surface area contributed by atoms with Gasteiger partial charge in [0.25, 0.3) is 0 Å². The third-order valence-corrected chi connectivity index (χ3v) is 2.55. The smallest absolute Gasteiger partial charge is 0.271 e. The molecule has 0 aliphatic rings. The standard InChI is InChI=1S/C8H12Cl2F2N4/c1-4(2)16-6(5(9)3-14-16)7(15-13)8(10,11)12/h3-4,7,15H,13H2,1-2H3. The van der Waals surface area contributed by atoms with Gasteiger partial charge in [-0.3, -0.25) is 10.5 Å². The van der Waals surface area contributed by atoms with Crippen molar-refractivity contribution in [2.24, 2.45) is 5.84 Å². The molecule has 8 heteroatoms. The molecule has 0 aliphatic heterocycles. The number of nitrogens with one attached hydrogen (secondary N) is 1. The summed E-state index contributed by atoms with van der Waals surface area (Å²) in [6.07, 6.45) is 1.28. The second kappa shape index (κ2) is 4.83. The minimum absolute atomic E-state index is 0.0687. The molecule has 0 amide bonds. The van der Waals surface area contributed by atoms with E-state index in [1.54, 1.807) is 13.8 Å². The summed E-state index contributed by atoms with van der Waals surface area (Å²) in [6, 6.07) is -1.72. The Kier molecular flexibility index (Phi) is 4.12. The van der Waals surface area contributed by atoms with Crippen molar-refractivity contribution in [3.05, 3.63) is 16.9 Å². The van der Waals surface area contributed by atoms with Gasteiger partial charge in [0.05, 0.1) is 16.9 Å². The molecule has 0 saturated heterocycles. The van der Waals surface area contributed by atoms with Gasteiger partial charge >= 0.3 is 5.38 Å². The number of hydrogen-bond donors (Lipinski definition) is 2. The number of rotatable bonds is 4. The first-order chi connectivity index (χ1) is 7.29. The Bertz CT molecular complexity index is 361. The molecular weight excluding hydrogens is 261 g/mol. The molecule has 0 bridgehead atoms. The molecule has 1 atom stereocenters. The number of aromatic nitrogens is 2. The van der Waals surface area contributed by atoms with Crippen LogP contribution in [-0.2, 0) is 0 Å². The molecule has 3 N–H and O–H groups in total. The minimum Gasteiger partial charge on any atom is -0.271 e. The number of alkyl halides is 3. The van der Waals surface area contributed by atoms with Crippen molar-refractivity contribution in [3.8, 4) is 0 Å². The molecule has 16 heavy (non-hydrogen) atoms. The van der Waals surface area contributed by atoms with Crippen LogP contribution >= 0.6 is 23.2 Å². The lowest BCUT2D eigenvalue weighted by Crippen LogP contribution is -2.39. The Hall–Kier alpha value is -0.430. The van der Waals surface area contributed by atoms with E-state index in [0.717, 1.165) is 0 Å². The van der Waals surface area contributed by atoms with Crippen LogP contribution in [0.25, 0.3) is 0 Å². The molecule has 4 nitrogen and oxygen atoms in total. The van der Waals surface area contributed by atoms with E-state index in [2.05, 4.69) is 5.10 Å². The lowest BCUT2D eigenvalue weighted by atomic mass is 10.2. The van der Waals surface area contributed by atoms with Crippen molar-refractivity contribution in [2.45, 2.75) is 31.3 Å². The van der Waals surface area contributed by atoms with Crippen LogP contribution in [-0.4, -0.2) is 15.2 Å². The van der Waals surface area contributed by atoms with Crippen molar-refractivity contribution in [3.63, 3.8) is 0 Å². The zero-order chi connectivity index (χ0) is 12.5. The average molecular weight is 273 g/mol. The molecule has 1 rings (SSSR count). The molecule has 1 heterocycles. The largest absolute Gasteiger partial charge is 0.343 e. The first-order valence-electron chi connectivity index (χ1n) is 4.54. The fraction of sp³-hybridized carbons (Fsp3) is 0.625. The highest BCUT2D eigenvalue weighted by molar-refractivity contribution is 6.31. The molecule has 0 aliphatic carbocycles. The molecule has 0 aromatic carbocycles. The Balaban J connectivity index is 3.24. The van der Waals surface area contributed by atoms with Gasteiger partial charge < -0.3 is 0 Å². The lowest BCUT2D eigenvalue weighted by molar-refractivity contribution is 0.0457. The quantitative estimate of drug-likeness (QED) is 0.503. The maximum atomic E-state index is 13.1. The van der Waals surface area contributed by atoms with Crippen molar-refractivity contribution < 1.29 is 8.78 Å². The van der Waals surface area contributed by atoms with Crippen molar-refractivity contribution in [1.82, 2.24) is 15.2 Å². The number of hydrogen-bond acceptors (Lipinski definition) is 3. The maximum absolute atomic E-state index is 13.1. The van der Waals surface area contributed by atoms with E-state index in [9.17, 15) is 8.78 Å². The van der Waals surface area contributed by atoms with Gasteiger partial charge in [-0.1, -0.05) is 11.6 Å². The fourth-order valence-corrected chi connectivity index (χ4v) is 1.77. The molecule has 0 saturated carbocycles. The average Bonchev–Trinajstić information content (AvgIpc) is 2.47. The second-order valence-electron chi connectivity index (χ2n) is 3.56. The molecule has 0 spiro atoms. The fourth-order valence-electron chi connectivity index (χ4n) is 1.36. The van der Waals surface area contributed by atoms with Gasteiger partial charge in [0.1, 0.15) is 6.04 Å². The lowest BCUT2D eigenvalue weighted by Gasteiger charge is -2.23. The minimum atomic E-state index is -3.55. The van der Waals surface area contributed by atoms with Crippen LogP contribution in [0, 0.1) is 0 Å². The zero-order valence-electron chi connectivity index (χ0n) is 8.72. The summed E-state index contributed by atoms with van der Waals surface area (Å²) in [5.74, 6) is 5.07. The SMILES string of the molecule is CC(C)n1ncc(Cl)c1C(NN)C(F)(F)Cl. The monoisotopic (exact) mass is 272 g/mol. The third kappa shape index (κ3) is 2.63. The van der Waals surface area contributed by atoms with Crippen LogP contribution in [0.1, 0.15) is 31.6 Å². The highest BCUT2D eigenvalue weighted by Gasteiger charge is 2.41. The Morgan fingerprint density at radius 1 is 1.56 bits per heavy atom. The van der Waals surface area contributed by atoms with Crippen LogP contribution in [0.15, 0.2) is 6.20 Å². The predicted molar refractivity (Wildman–Crippen MR) is 58.5 cm³/mol. The van der Waals surface area contributed by atoms with Gasteiger partial charge in [-0.05, 0) is 25.4 Å². The van der Waals surface area contributed by atoms with Crippen molar-refractivity contribution in [2.75, 3.05) is 0 Å². The molecule has 1 aromatic rings. The summed E-state index contributed by atoms with van der Waals surface area (Å²) < 4.78 is 27.5. The molecule has 0 fully saturated rings. The maximum Gasteiger partial charge on any atom is 0.343 e. The number of nitrogens with zero attached hydrogens (tertiary/aromatic N) is 2. The van der Waals surface area contributed by atoms with Gasteiger partial charge in [0.2, 0.25) is 0 Å². The van der Waals surface area contributed by atoms with E-state index in [0.29, 0.717) is 0 Å². The summed E-state index contributed by atoms with van der Waals surface area (Å²) in [6.45, 7) is 3.57. The second-order valence-corrected chi connectivity index (χ2v) is 4.47. The number of nitrogens with two attached hydrogens (primary N) is 1. The van der Waals surface area contributed by atoms with Crippen LogP contribution < -0.4 is 11.3 Å². The van der Waals surface area contributed by atoms with E-state index in [4.69, 9.17) is 29.0 Å². The van der Waals surface area contributed by atoms with Gasteiger partial charge in [0.15, 0.2) is 0 Å². The van der Waals surface area contributed by atoms with Crippen LogP contribution in [0.5, 0.6) is 0 Å². The van der Waals surface area contributed by atoms with Gasteiger partial charge in [-0.2, -0.15) is 13.9 Å². The van der Waals surface area contributed by atoms with Gasteiger partial charge in [0, 0.05) is 6.04 Å². The predicted octanol–water partition coefficient (Wildman–Crippen LogP) is 2.45. The molecule has 0 radical (unpaired) electrons. The number of halogens is 4. The van der Waals surface area contributed by atoms with E-state index >= 15 is 0 Å². The molecule has 1 unspecified atom stereocenters. The van der Waals surface area contributed by atoms with Crippen molar-refractivity contribution in [1.29, 1.82) is 0 Å². The van der Waals surface area contributed by atoms with E-state index in [-0.39, 0.29) is 16.8 Å². The zero-order valence-corrected chi connectivity index (χ0v) is 10.2. The summed E-state index contributed by atoms with van der Waals surface area (Å²) in [7, 11) is 0.